The first kappa shape index (κ1) is 23.4. The van der Waals surface area contributed by atoms with Gasteiger partial charge in [0.2, 0.25) is 0 Å². The minimum atomic E-state index is -1.61. The molecular formula is C27H24F6. The van der Waals surface area contributed by atoms with Crippen molar-refractivity contribution < 1.29 is 26.3 Å². The van der Waals surface area contributed by atoms with Crippen LogP contribution in [0.3, 0.4) is 0 Å². The molecule has 0 spiro atoms. The molecule has 0 saturated heterocycles. The lowest BCUT2D eigenvalue weighted by Gasteiger charge is -2.27. The molecule has 0 radical (unpaired) electrons. The zero-order valence-corrected chi connectivity index (χ0v) is 18.3. The lowest BCUT2D eigenvalue weighted by Crippen LogP contribution is -2.17. The fraction of sp³-hybridized carbons (Fsp3) is 0.333. The molecule has 1 unspecified atom stereocenters. The van der Waals surface area contributed by atoms with E-state index in [0.29, 0.717) is 29.5 Å². The average Bonchev–Trinajstić information content (AvgIpc) is 2.77. The molecule has 174 valence electrons. The predicted molar refractivity (Wildman–Crippen MR) is 116 cm³/mol. The Labute approximate surface area is 189 Å². The van der Waals surface area contributed by atoms with E-state index in [4.69, 9.17) is 0 Å². The third-order valence-electron chi connectivity index (χ3n) is 6.46. The molecule has 0 aromatic heterocycles. The lowest BCUT2D eigenvalue weighted by molar-refractivity contribution is 0.447. The normalized spacial score (nSPS) is 15.5. The Morgan fingerprint density at radius 3 is 2.09 bits per heavy atom. The second kappa shape index (κ2) is 9.62. The van der Waals surface area contributed by atoms with Crippen molar-refractivity contribution in [3.8, 4) is 11.1 Å². The van der Waals surface area contributed by atoms with Gasteiger partial charge < -0.3 is 0 Å². The maximum atomic E-state index is 15.2. The van der Waals surface area contributed by atoms with Crippen LogP contribution in [0, 0.1) is 34.9 Å². The van der Waals surface area contributed by atoms with Crippen molar-refractivity contribution in [1.29, 1.82) is 0 Å². The first-order valence-electron chi connectivity index (χ1n) is 11.2. The zero-order chi connectivity index (χ0) is 23.7. The van der Waals surface area contributed by atoms with Gasteiger partial charge in [0.25, 0.3) is 0 Å². The van der Waals surface area contributed by atoms with Gasteiger partial charge in [-0.1, -0.05) is 31.9 Å². The van der Waals surface area contributed by atoms with Crippen molar-refractivity contribution in [3.05, 3.63) is 93.6 Å². The van der Waals surface area contributed by atoms with Gasteiger partial charge in [-0.15, -0.1) is 0 Å². The van der Waals surface area contributed by atoms with E-state index in [9.17, 15) is 22.0 Å². The number of hydrogen-bond donors (Lipinski definition) is 0. The molecule has 0 heterocycles. The van der Waals surface area contributed by atoms with Crippen LogP contribution in [0.15, 0.2) is 36.4 Å². The van der Waals surface area contributed by atoms with Crippen molar-refractivity contribution in [2.45, 2.75) is 57.8 Å². The van der Waals surface area contributed by atoms with E-state index >= 15 is 4.39 Å². The molecule has 3 aromatic carbocycles. The smallest absolute Gasteiger partial charge is 0.194 e. The van der Waals surface area contributed by atoms with E-state index in [1.165, 1.54) is 18.2 Å². The summed E-state index contributed by atoms with van der Waals surface area (Å²) in [5.74, 6) is -6.65. The van der Waals surface area contributed by atoms with Gasteiger partial charge in [-0.3, -0.25) is 0 Å². The highest BCUT2D eigenvalue weighted by molar-refractivity contribution is 5.66. The van der Waals surface area contributed by atoms with Crippen LogP contribution in [0.25, 0.3) is 11.1 Å². The highest BCUT2D eigenvalue weighted by Crippen LogP contribution is 2.39. The van der Waals surface area contributed by atoms with Crippen molar-refractivity contribution in [1.82, 2.24) is 0 Å². The average molecular weight is 462 g/mol. The summed E-state index contributed by atoms with van der Waals surface area (Å²) in [5, 5.41) is 0. The van der Waals surface area contributed by atoms with E-state index in [0.717, 1.165) is 31.4 Å². The van der Waals surface area contributed by atoms with Crippen molar-refractivity contribution in [2.75, 3.05) is 0 Å². The highest BCUT2D eigenvalue weighted by atomic mass is 19.2. The molecule has 0 aliphatic heterocycles. The maximum Gasteiger partial charge on any atom is 0.194 e. The van der Waals surface area contributed by atoms with Crippen LogP contribution in [0.1, 0.15) is 60.8 Å². The molecular weight excluding hydrogens is 438 g/mol. The highest BCUT2D eigenvalue weighted by Gasteiger charge is 2.28. The van der Waals surface area contributed by atoms with Gasteiger partial charge in [-0.2, -0.15) is 0 Å². The fourth-order valence-corrected chi connectivity index (χ4v) is 4.74. The molecule has 3 aromatic rings. The molecule has 0 bridgehead atoms. The number of halogens is 6. The third-order valence-corrected chi connectivity index (χ3v) is 6.46. The Hall–Kier alpha value is -2.76. The summed E-state index contributed by atoms with van der Waals surface area (Å²) in [6, 6.07) is 7.26. The third kappa shape index (κ3) is 4.66. The molecule has 1 aliphatic rings. The minimum Gasteiger partial charge on any atom is -0.207 e. The van der Waals surface area contributed by atoms with Crippen LogP contribution in [-0.2, 0) is 19.3 Å². The number of unbranched alkanes of at least 4 members (excludes halogenated alkanes) is 2. The Morgan fingerprint density at radius 1 is 0.788 bits per heavy atom. The molecule has 1 aliphatic carbocycles. The number of fused-ring (bicyclic) bond motifs is 1. The SMILES string of the molecule is CCCCCc1cc(F)c(C2CCc3c(ccc(-c4cc(F)c(F)c(F)c4)c3F)C2)c(F)c1. The van der Waals surface area contributed by atoms with Crippen LogP contribution >= 0.6 is 0 Å². The summed E-state index contributed by atoms with van der Waals surface area (Å²) in [6.45, 7) is 2.06. The Kier molecular flexibility index (Phi) is 6.82. The Balaban J connectivity index is 1.61. The van der Waals surface area contributed by atoms with Crippen molar-refractivity contribution in [2.24, 2.45) is 0 Å². The lowest BCUT2D eigenvalue weighted by atomic mass is 9.78. The zero-order valence-electron chi connectivity index (χ0n) is 18.3. The van der Waals surface area contributed by atoms with E-state index in [-0.39, 0.29) is 29.5 Å². The van der Waals surface area contributed by atoms with Crippen LogP contribution in [-0.4, -0.2) is 0 Å². The molecule has 0 nitrogen and oxygen atoms in total. The maximum absolute atomic E-state index is 15.2. The van der Waals surface area contributed by atoms with Crippen LogP contribution < -0.4 is 0 Å². The minimum absolute atomic E-state index is 0.0204. The first-order valence-corrected chi connectivity index (χ1v) is 11.2. The second-order valence-electron chi connectivity index (χ2n) is 8.69. The van der Waals surface area contributed by atoms with Crippen LogP contribution in [0.5, 0.6) is 0 Å². The van der Waals surface area contributed by atoms with Crippen molar-refractivity contribution >= 4 is 0 Å². The van der Waals surface area contributed by atoms with Gasteiger partial charge in [0, 0.05) is 11.1 Å². The molecule has 0 N–H and O–H groups in total. The standard InChI is InChI=1S/C27H24F6/c1-2-3-4-5-15-10-21(28)25(22(29)11-15)17-7-9-19-16(12-17)6-8-20(26(19)32)18-13-23(30)27(33)24(31)14-18/h6,8,10-11,13-14,17H,2-5,7,9,12H2,1H3. The fourth-order valence-electron chi connectivity index (χ4n) is 4.74. The molecule has 33 heavy (non-hydrogen) atoms. The number of aryl methyl sites for hydroxylation is 1. The molecule has 1 atom stereocenters. The van der Waals surface area contributed by atoms with E-state index in [2.05, 4.69) is 6.92 Å². The van der Waals surface area contributed by atoms with E-state index < -0.39 is 40.8 Å². The molecule has 6 heteroatoms. The van der Waals surface area contributed by atoms with Gasteiger partial charge in [-0.25, -0.2) is 26.3 Å². The molecule has 4 rings (SSSR count). The summed E-state index contributed by atoms with van der Waals surface area (Å²) in [7, 11) is 0. The Morgan fingerprint density at radius 2 is 1.45 bits per heavy atom. The number of benzene rings is 3. The largest absolute Gasteiger partial charge is 0.207 e. The van der Waals surface area contributed by atoms with Gasteiger partial charge >= 0.3 is 0 Å². The van der Waals surface area contributed by atoms with Crippen molar-refractivity contribution in [3.63, 3.8) is 0 Å². The molecule has 0 fully saturated rings. The van der Waals surface area contributed by atoms with Gasteiger partial charge in [0.05, 0.1) is 0 Å². The molecule has 0 saturated carbocycles. The number of rotatable bonds is 6. The van der Waals surface area contributed by atoms with Gasteiger partial charge in [0.1, 0.15) is 17.5 Å². The predicted octanol–water partition coefficient (Wildman–Crippen LogP) is 8.19. The van der Waals surface area contributed by atoms with E-state index in [1.807, 2.05) is 0 Å². The summed E-state index contributed by atoms with van der Waals surface area (Å²) < 4.78 is 85.4. The van der Waals surface area contributed by atoms with Gasteiger partial charge in [0.15, 0.2) is 17.5 Å². The summed E-state index contributed by atoms with van der Waals surface area (Å²) >= 11 is 0. The van der Waals surface area contributed by atoms with Crippen LogP contribution in [0.4, 0.5) is 26.3 Å². The summed E-state index contributed by atoms with van der Waals surface area (Å²) in [5.41, 5.74) is 1.45. The summed E-state index contributed by atoms with van der Waals surface area (Å²) in [4.78, 5) is 0. The Bertz CT molecular complexity index is 1140. The van der Waals surface area contributed by atoms with E-state index in [1.54, 1.807) is 6.07 Å². The molecule has 0 amide bonds. The second-order valence-corrected chi connectivity index (χ2v) is 8.69. The first-order chi connectivity index (χ1) is 15.8. The van der Waals surface area contributed by atoms with Gasteiger partial charge in [-0.05, 0) is 84.5 Å². The summed E-state index contributed by atoms with van der Waals surface area (Å²) in [6.07, 6.45) is 4.32. The van der Waals surface area contributed by atoms with Crippen LogP contribution in [0.2, 0.25) is 0 Å². The quantitative estimate of drug-likeness (QED) is 0.197. The monoisotopic (exact) mass is 462 g/mol. The number of hydrogen-bond acceptors (Lipinski definition) is 0. The topological polar surface area (TPSA) is 0 Å².